The summed E-state index contributed by atoms with van der Waals surface area (Å²) in [5.41, 5.74) is 2.29. The molecule has 0 fully saturated rings. The van der Waals surface area contributed by atoms with Gasteiger partial charge in [0.1, 0.15) is 16.9 Å². The number of hydrogen-bond donors (Lipinski definition) is 2. The number of nitrogens with one attached hydrogen (secondary N) is 2. The van der Waals surface area contributed by atoms with Crippen molar-refractivity contribution in [3.8, 4) is 5.75 Å². The Balaban J connectivity index is 0.00000312. The summed E-state index contributed by atoms with van der Waals surface area (Å²) in [4.78, 5) is 10.0. The Labute approximate surface area is 171 Å². The molecule has 138 valence electrons. The molecule has 5 nitrogen and oxygen atoms in total. The molecule has 1 aromatic carbocycles. The zero-order chi connectivity index (χ0) is 17.5. The van der Waals surface area contributed by atoms with Crippen molar-refractivity contribution in [2.75, 3.05) is 13.6 Å². The maximum absolute atomic E-state index is 5.92. The highest BCUT2D eigenvalue weighted by atomic mass is 127. The molecule has 0 spiro atoms. The van der Waals surface area contributed by atoms with E-state index in [1.54, 1.807) is 18.4 Å². The highest BCUT2D eigenvalue weighted by molar-refractivity contribution is 14.0. The lowest BCUT2D eigenvalue weighted by Gasteiger charge is -2.17. The molecule has 7 heteroatoms. The number of nitrogens with zero attached hydrogens (tertiary/aromatic N) is 2. The average Bonchev–Trinajstić information content (AvgIpc) is 2.86. The summed E-state index contributed by atoms with van der Waals surface area (Å²) < 4.78 is 5.92. The maximum Gasteiger partial charge on any atom is 0.191 e. The van der Waals surface area contributed by atoms with Gasteiger partial charge in [-0.2, -0.15) is 0 Å². The quantitative estimate of drug-likeness (QED) is 0.380. The predicted molar refractivity (Wildman–Crippen MR) is 116 cm³/mol. The molecule has 0 bridgehead atoms. The van der Waals surface area contributed by atoms with Gasteiger partial charge in [-0.25, -0.2) is 4.98 Å². The van der Waals surface area contributed by atoms with Gasteiger partial charge in [0.05, 0.1) is 18.8 Å². The first-order valence-electron chi connectivity index (χ1n) is 8.08. The molecule has 2 N–H and O–H groups in total. The van der Waals surface area contributed by atoms with Crippen LogP contribution < -0.4 is 15.4 Å². The first-order chi connectivity index (χ1) is 11.5. The van der Waals surface area contributed by atoms with E-state index in [1.165, 1.54) is 10.4 Å². The van der Waals surface area contributed by atoms with Gasteiger partial charge >= 0.3 is 0 Å². The lowest BCUT2D eigenvalue weighted by atomic mass is 10.2. The van der Waals surface area contributed by atoms with Gasteiger partial charge in [-0.05, 0) is 45.4 Å². The number of benzene rings is 1. The van der Waals surface area contributed by atoms with Gasteiger partial charge in [0.15, 0.2) is 5.96 Å². The first kappa shape index (κ1) is 21.7. The van der Waals surface area contributed by atoms with Crippen LogP contribution in [-0.4, -0.2) is 30.6 Å². The van der Waals surface area contributed by atoms with Crippen molar-refractivity contribution in [3.05, 3.63) is 45.4 Å². The maximum atomic E-state index is 5.92. The first-order valence-corrected chi connectivity index (χ1v) is 8.90. The number of ether oxygens (including phenoxy) is 1. The Morgan fingerprint density at radius 1 is 1.28 bits per heavy atom. The molecule has 0 saturated carbocycles. The van der Waals surface area contributed by atoms with E-state index in [-0.39, 0.29) is 30.1 Å². The van der Waals surface area contributed by atoms with Gasteiger partial charge in [-0.1, -0.05) is 12.1 Å². The molecule has 0 aliphatic carbocycles. The van der Waals surface area contributed by atoms with Crippen molar-refractivity contribution in [1.29, 1.82) is 0 Å². The van der Waals surface area contributed by atoms with Gasteiger partial charge in [0.25, 0.3) is 0 Å². The third-order valence-corrected chi connectivity index (χ3v) is 4.66. The van der Waals surface area contributed by atoms with Crippen molar-refractivity contribution in [1.82, 2.24) is 15.6 Å². The summed E-state index contributed by atoms with van der Waals surface area (Å²) in [7, 11) is 1.76. The number of thiazole rings is 1. The number of aromatic nitrogens is 1. The number of guanidine groups is 1. The molecule has 1 unspecified atom stereocenters. The molecule has 0 aliphatic rings. The molecule has 0 radical (unpaired) electrons. The highest BCUT2D eigenvalue weighted by Gasteiger charge is 2.07. The molecule has 2 rings (SSSR count). The van der Waals surface area contributed by atoms with Crippen LogP contribution in [0.1, 0.15) is 28.1 Å². The van der Waals surface area contributed by atoms with Gasteiger partial charge in [-0.3, -0.25) is 4.99 Å². The third-order valence-electron chi connectivity index (χ3n) is 3.59. The van der Waals surface area contributed by atoms with Crippen molar-refractivity contribution in [3.63, 3.8) is 0 Å². The van der Waals surface area contributed by atoms with Crippen LogP contribution >= 0.6 is 35.3 Å². The van der Waals surface area contributed by atoms with E-state index in [1.807, 2.05) is 32.0 Å². The minimum atomic E-state index is 0. The summed E-state index contributed by atoms with van der Waals surface area (Å²) in [5, 5.41) is 7.64. The van der Waals surface area contributed by atoms with E-state index in [9.17, 15) is 0 Å². The second-order valence-electron chi connectivity index (χ2n) is 5.80. The minimum absolute atomic E-state index is 0. The Hall–Kier alpha value is -1.35. The standard InChI is InChI=1S/C18H26N4OS.HI/c1-12-7-6-8-16(9-12)23-13(2)10-20-18(19-5)21-11-17-22-14(3)15(4)24-17;/h6-9,13H,10-11H2,1-5H3,(H2,19,20,21);1H. The summed E-state index contributed by atoms with van der Waals surface area (Å²) in [6.07, 6.45) is 0.0368. The Morgan fingerprint density at radius 3 is 2.64 bits per heavy atom. The summed E-state index contributed by atoms with van der Waals surface area (Å²) in [5.74, 6) is 1.64. The monoisotopic (exact) mass is 474 g/mol. The van der Waals surface area contributed by atoms with Crippen LogP contribution in [-0.2, 0) is 6.54 Å². The summed E-state index contributed by atoms with van der Waals surface area (Å²) >= 11 is 1.71. The molecule has 1 aromatic heterocycles. The lowest BCUT2D eigenvalue weighted by Crippen LogP contribution is -2.41. The van der Waals surface area contributed by atoms with E-state index in [4.69, 9.17) is 4.74 Å². The fraction of sp³-hybridized carbons (Fsp3) is 0.444. The lowest BCUT2D eigenvalue weighted by molar-refractivity contribution is 0.223. The molecular weight excluding hydrogens is 447 g/mol. The van der Waals surface area contributed by atoms with Crippen LogP contribution in [0.2, 0.25) is 0 Å². The molecule has 25 heavy (non-hydrogen) atoms. The smallest absolute Gasteiger partial charge is 0.191 e. The van der Waals surface area contributed by atoms with Gasteiger partial charge in [-0.15, -0.1) is 35.3 Å². The van der Waals surface area contributed by atoms with E-state index >= 15 is 0 Å². The second kappa shape index (κ2) is 10.6. The van der Waals surface area contributed by atoms with Crippen molar-refractivity contribution in [2.24, 2.45) is 4.99 Å². The number of aryl methyl sites for hydroxylation is 3. The minimum Gasteiger partial charge on any atom is -0.489 e. The third kappa shape index (κ3) is 7.19. The van der Waals surface area contributed by atoms with Gasteiger partial charge in [0, 0.05) is 11.9 Å². The number of rotatable bonds is 6. The van der Waals surface area contributed by atoms with Crippen LogP contribution in [0.3, 0.4) is 0 Å². The Kier molecular flexibility index (Phi) is 9.20. The molecule has 0 saturated heterocycles. The average molecular weight is 474 g/mol. The molecular formula is C18H27IN4OS. The Morgan fingerprint density at radius 2 is 2.04 bits per heavy atom. The normalized spacial score (nSPS) is 12.3. The SMILES string of the molecule is CN=C(NCc1nc(C)c(C)s1)NCC(C)Oc1cccc(C)c1.I. The van der Waals surface area contributed by atoms with E-state index < -0.39 is 0 Å². The largest absolute Gasteiger partial charge is 0.489 e. The molecule has 2 aromatic rings. The fourth-order valence-corrected chi connectivity index (χ4v) is 3.07. The second-order valence-corrected chi connectivity index (χ2v) is 7.09. The van der Waals surface area contributed by atoms with Crippen LogP contribution in [0.25, 0.3) is 0 Å². The Bertz CT molecular complexity index is 683. The fourth-order valence-electron chi connectivity index (χ4n) is 2.20. The zero-order valence-electron chi connectivity index (χ0n) is 15.4. The topological polar surface area (TPSA) is 58.5 Å². The summed E-state index contributed by atoms with van der Waals surface area (Å²) in [6.45, 7) is 9.57. The van der Waals surface area contributed by atoms with Crippen LogP contribution in [0.4, 0.5) is 0 Å². The van der Waals surface area contributed by atoms with Crippen molar-refractivity contribution in [2.45, 2.75) is 40.3 Å². The molecule has 0 amide bonds. The van der Waals surface area contributed by atoms with Crippen molar-refractivity contribution >= 4 is 41.3 Å². The number of aliphatic imine (C=N–C) groups is 1. The highest BCUT2D eigenvalue weighted by Crippen LogP contribution is 2.16. The van der Waals surface area contributed by atoms with Crippen LogP contribution in [0.15, 0.2) is 29.3 Å². The van der Waals surface area contributed by atoms with Gasteiger partial charge in [0.2, 0.25) is 0 Å². The van der Waals surface area contributed by atoms with E-state index in [0.717, 1.165) is 22.4 Å². The van der Waals surface area contributed by atoms with Crippen LogP contribution in [0.5, 0.6) is 5.75 Å². The molecule has 0 aliphatic heterocycles. The van der Waals surface area contributed by atoms with E-state index in [2.05, 4.69) is 40.5 Å². The van der Waals surface area contributed by atoms with E-state index in [0.29, 0.717) is 13.1 Å². The zero-order valence-corrected chi connectivity index (χ0v) is 18.6. The van der Waals surface area contributed by atoms with Crippen LogP contribution in [0, 0.1) is 20.8 Å². The number of hydrogen-bond acceptors (Lipinski definition) is 4. The van der Waals surface area contributed by atoms with Crippen molar-refractivity contribution < 1.29 is 4.74 Å². The molecule has 1 atom stereocenters. The molecule has 1 heterocycles. The number of halogens is 1. The predicted octanol–water partition coefficient (Wildman–Crippen LogP) is 3.82. The summed E-state index contributed by atoms with van der Waals surface area (Å²) in [6, 6.07) is 8.08. The van der Waals surface area contributed by atoms with Gasteiger partial charge < -0.3 is 15.4 Å².